The number of non-ortho nitro benzene ring substituents is 1. The summed E-state index contributed by atoms with van der Waals surface area (Å²) < 4.78 is 11.4. The molecule has 2 aliphatic rings. The van der Waals surface area contributed by atoms with Gasteiger partial charge in [-0.15, -0.1) is 0 Å². The normalized spacial score (nSPS) is 29.9. The lowest BCUT2D eigenvalue weighted by atomic mass is 9.75. The van der Waals surface area contributed by atoms with Gasteiger partial charge in [0.15, 0.2) is 0 Å². The van der Waals surface area contributed by atoms with Gasteiger partial charge in [0.1, 0.15) is 17.8 Å². The number of hydrogen-bond donors (Lipinski definition) is 0. The van der Waals surface area contributed by atoms with Gasteiger partial charge in [-0.2, -0.15) is 0 Å². The molecule has 0 amide bonds. The highest BCUT2D eigenvalue weighted by Gasteiger charge is 2.67. The average molecular weight is 333 g/mol. The summed E-state index contributed by atoms with van der Waals surface area (Å²) in [5.74, 6) is 0.0435. The van der Waals surface area contributed by atoms with Crippen molar-refractivity contribution >= 4 is 11.7 Å². The smallest absolute Gasteiger partial charge is 0.338 e. The summed E-state index contributed by atoms with van der Waals surface area (Å²) in [6.07, 6.45) is 6.10. The molecule has 1 saturated heterocycles. The van der Waals surface area contributed by atoms with Crippen LogP contribution in [0.1, 0.15) is 56.3 Å². The van der Waals surface area contributed by atoms with Gasteiger partial charge in [0.2, 0.25) is 0 Å². The Balaban J connectivity index is 1.57. The fourth-order valence-electron chi connectivity index (χ4n) is 3.79. The molecule has 2 fully saturated rings. The zero-order valence-electron chi connectivity index (χ0n) is 14.1. The summed E-state index contributed by atoms with van der Waals surface area (Å²) in [5.41, 5.74) is -0.396. The lowest BCUT2D eigenvalue weighted by Crippen LogP contribution is -2.34. The topological polar surface area (TPSA) is 82.0 Å². The molecule has 1 aromatic carbocycles. The lowest BCUT2D eigenvalue weighted by molar-refractivity contribution is -0.384. The molecule has 0 N–H and O–H groups in total. The molecule has 0 spiro atoms. The van der Waals surface area contributed by atoms with Crippen LogP contribution in [0.3, 0.4) is 0 Å². The maximum absolute atomic E-state index is 12.1. The van der Waals surface area contributed by atoms with E-state index in [-0.39, 0.29) is 17.9 Å². The monoisotopic (exact) mass is 333 g/mol. The number of esters is 1. The Bertz CT molecular complexity index is 637. The first-order valence-electron chi connectivity index (χ1n) is 8.47. The molecular weight excluding hydrogens is 310 g/mol. The molecule has 2 atom stereocenters. The summed E-state index contributed by atoms with van der Waals surface area (Å²) in [4.78, 5) is 22.3. The van der Waals surface area contributed by atoms with Crippen molar-refractivity contribution in [3.8, 4) is 0 Å². The van der Waals surface area contributed by atoms with Crippen LogP contribution >= 0.6 is 0 Å². The number of epoxide rings is 1. The number of hydrogen-bond acceptors (Lipinski definition) is 5. The van der Waals surface area contributed by atoms with E-state index in [9.17, 15) is 14.9 Å². The van der Waals surface area contributed by atoms with E-state index in [1.54, 1.807) is 0 Å². The molecule has 1 aliphatic heterocycles. The van der Waals surface area contributed by atoms with Gasteiger partial charge in [0.25, 0.3) is 5.69 Å². The predicted octanol–water partition coefficient (Wildman–Crippen LogP) is 3.88. The fourth-order valence-corrected chi connectivity index (χ4v) is 3.79. The number of nitrogens with zero attached hydrogens (tertiary/aromatic N) is 1. The van der Waals surface area contributed by atoms with Crippen LogP contribution in [-0.2, 0) is 9.47 Å². The Morgan fingerprint density at radius 2 is 1.88 bits per heavy atom. The van der Waals surface area contributed by atoms with Crippen molar-refractivity contribution in [1.29, 1.82) is 0 Å². The molecule has 130 valence electrons. The minimum absolute atomic E-state index is 0.0473. The first-order valence-corrected chi connectivity index (χ1v) is 8.47. The van der Waals surface area contributed by atoms with Gasteiger partial charge in [0.05, 0.1) is 10.5 Å². The van der Waals surface area contributed by atoms with Crippen molar-refractivity contribution in [3.63, 3.8) is 0 Å². The summed E-state index contributed by atoms with van der Waals surface area (Å²) in [7, 11) is 0. The number of benzene rings is 1. The van der Waals surface area contributed by atoms with Gasteiger partial charge in [-0.05, 0) is 44.7 Å². The van der Waals surface area contributed by atoms with E-state index in [2.05, 4.69) is 6.92 Å². The number of rotatable bonds is 5. The van der Waals surface area contributed by atoms with Gasteiger partial charge in [0, 0.05) is 12.1 Å². The second-order valence-electron chi connectivity index (χ2n) is 7.16. The summed E-state index contributed by atoms with van der Waals surface area (Å²) in [6, 6.07) is 5.43. The Morgan fingerprint density at radius 1 is 1.25 bits per heavy atom. The average Bonchev–Trinajstić information content (AvgIpc) is 3.17. The Morgan fingerprint density at radius 3 is 2.46 bits per heavy atom. The van der Waals surface area contributed by atoms with Crippen molar-refractivity contribution in [2.45, 2.75) is 57.2 Å². The van der Waals surface area contributed by atoms with Gasteiger partial charge < -0.3 is 9.47 Å². The largest absolute Gasteiger partial charge is 0.459 e. The SMILES string of the molecule is C[C@]1(COC(=O)c2ccc([N+](=O)[O-])cc2)O[C@]1(C)C1CCCCC1. The highest BCUT2D eigenvalue weighted by atomic mass is 16.7. The number of nitro benzene ring substituents is 1. The first kappa shape index (κ1) is 16.9. The van der Waals surface area contributed by atoms with Crippen molar-refractivity contribution in [1.82, 2.24) is 0 Å². The van der Waals surface area contributed by atoms with Crippen LogP contribution in [0.5, 0.6) is 0 Å². The zero-order chi connectivity index (χ0) is 17.4. The van der Waals surface area contributed by atoms with E-state index in [4.69, 9.17) is 9.47 Å². The minimum atomic E-state index is -0.496. The fraction of sp³-hybridized carbons (Fsp3) is 0.611. The van der Waals surface area contributed by atoms with Crippen LogP contribution in [0, 0.1) is 16.0 Å². The van der Waals surface area contributed by atoms with Gasteiger partial charge >= 0.3 is 5.97 Å². The van der Waals surface area contributed by atoms with Crippen LogP contribution in [0.15, 0.2) is 24.3 Å². The summed E-state index contributed by atoms with van der Waals surface area (Å²) in [5, 5.41) is 10.6. The maximum Gasteiger partial charge on any atom is 0.338 e. The van der Waals surface area contributed by atoms with E-state index in [1.165, 1.54) is 56.4 Å². The highest BCUT2D eigenvalue weighted by Crippen LogP contribution is 2.56. The highest BCUT2D eigenvalue weighted by molar-refractivity contribution is 5.89. The molecule has 1 aromatic rings. The predicted molar refractivity (Wildman–Crippen MR) is 87.8 cm³/mol. The molecule has 0 radical (unpaired) electrons. The zero-order valence-corrected chi connectivity index (χ0v) is 14.1. The Labute approximate surface area is 141 Å². The van der Waals surface area contributed by atoms with E-state index in [0.29, 0.717) is 11.5 Å². The molecule has 24 heavy (non-hydrogen) atoms. The molecule has 1 heterocycles. The lowest BCUT2D eigenvalue weighted by Gasteiger charge is -2.27. The third kappa shape index (κ3) is 3.02. The van der Waals surface area contributed by atoms with Crippen LogP contribution in [-0.4, -0.2) is 28.7 Å². The van der Waals surface area contributed by atoms with Crippen molar-refractivity contribution in [2.75, 3.05) is 6.61 Å². The number of nitro groups is 1. The molecule has 6 heteroatoms. The van der Waals surface area contributed by atoms with Crippen LogP contribution < -0.4 is 0 Å². The van der Waals surface area contributed by atoms with Gasteiger partial charge in [-0.3, -0.25) is 10.1 Å². The van der Waals surface area contributed by atoms with Gasteiger partial charge in [-0.25, -0.2) is 4.79 Å². The van der Waals surface area contributed by atoms with Gasteiger partial charge in [-0.1, -0.05) is 19.3 Å². The summed E-state index contributed by atoms with van der Waals surface area (Å²) in [6.45, 7) is 4.31. The van der Waals surface area contributed by atoms with E-state index >= 15 is 0 Å². The molecule has 0 bridgehead atoms. The quantitative estimate of drug-likeness (QED) is 0.353. The first-order chi connectivity index (χ1) is 11.4. The summed E-state index contributed by atoms with van der Waals surface area (Å²) >= 11 is 0. The second kappa shape index (κ2) is 6.16. The molecular formula is C18H23NO5. The van der Waals surface area contributed by atoms with Crippen LogP contribution in [0.25, 0.3) is 0 Å². The molecule has 0 unspecified atom stereocenters. The van der Waals surface area contributed by atoms with E-state index in [0.717, 1.165) is 0 Å². The number of ether oxygens (including phenoxy) is 2. The Hall–Kier alpha value is -1.95. The molecule has 6 nitrogen and oxygen atoms in total. The molecule has 1 aliphatic carbocycles. The second-order valence-corrected chi connectivity index (χ2v) is 7.16. The minimum Gasteiger partial charge on any atom is -0.459 e. The van der Waals surface area contributed by atoms with E-state index in [1.807, 2.05) is 6.92 Å². The third-order valence-corrected chi connectivity index (χ3v) is 5.62. The van der Waals surface area contributed by atoms with Crippen molar-refractivity contribution in [3.05, 3.63) is 39.9 Å². The number of carbonyl (C=O) groups excluding carboxylic acids is 1. The van der Waals surface area contributed by atoms with Crippen LogP contribution in [0.4, 0.5) is 5.69 Å². The maximum atomic E-state index is 12.1. The van der Waals surface area contributed by atoms with Crippen LogP contribution in [0.2, 0.25) is 0 Å². The molecule has 3 rings (SSSR count). The third-order valence-electron chi connectivity index (χ3n) is 5.62. The molecule has 0 aromatic heterocycles. The van der Waals surface area contributed by atoms with Crippen molar-refractivity contribution < 1.29 is 19.2 Å². The van der Waals surface area contributed by atoms with E-state index < -0.39 is 16.5 Å². The van der Waals surface area contributed by atoms with Crippen molar-refractivity contribution in [2.24, 2.45) is 5.92 Å². The standard InChI is InChI=1S/C18H23NO5/c1-17(18(2,24-17)14-6-4-3-5-7-14)12-23-16(20)13-8-10-15(11-9-13)19(21)22/h8-11,14H,3-7,12H2,1-2H3/t17-,18-/m1/s1. The Kier molecular flexibility index (Phi) is 4.34. The molecule has 1 saturated carbocycles. The number of carbonyl (C=O) groups is 1.